The first kappa shape index (κ1) is 22.7. The Bertz CT molecular complexity index is 1050. The smallest absolute Gasteiger partial charge is 0.346 e. The lowest BCUT2D eigenvalue weighted by Crippen LogP contribution is -2.39. The van der Waals surface area contributed by atoms with Crippen LogP contribution in [0.2, 0.25) is 0 Å². The number of esters is 1. The second kappa shape index (κ2) is 9.99. The van der Waals surface area contributed by atoms with Crippen LogP contribution in [0.5, 0.6) is 0 Å². The topological polar surface area (TPSA) is 111 Å². The molecule has 2 aromatic carbocycles. The second-order valence-corrected chi connectivity index (χ2v) is 8.26. The lowest BCUT2D eigenvalue weighted by molar-refractivity contribution is -0.385. The van der Waals surface area contributed by atoms with E-state index in [0.29, 0.717) is 32.0 Å². The van der Waals surface area contributed by atoms with E-state index in [4.69, 9.17) is 9.47 Å². The lowest BCUT2D eigenvalue weighted by atomic mass is 9.87. The second-order valence-electron chi connectivity index (χ2n) is 8.26. The van der Waals surface area contributed by atoms with Crippen LogP contribution in [0.25, 0.3) is 0 Å². The van der Waals surface area contributed by atoms with Crippen molar-refractivity contribution in [3.05, 3.63) is 69.3 Å². The van der Waals surface area contributed by atoms with Crippen molar-refractivity contribution in [1.82, 2.24) is 5.32 Å². The third-order valence-electron chi connectivity index (χ3n) is 6.11. The molecule has 0 saturated carbocycles. The van der Waals surface area contributed by atoms with E-state index in [1.165, 1.54) is 24.6 Å². The van der Waals surface area contributed by atoms with Crippen molar-refractivity contribution in [1.29, 1.82) is 0 Å². The molecule has 1 aliphatic heterocycles. The van der Waals surface area contributed by atoms with E-state index < -0.39 is 22.9 Å². The molecule has 2 aliphatic rings. The number of nitro benzene ring substituents is 1. The van der Waals surface area contributed by atoms with Gasteiger partial charge in [0.15, 0.2) is 6.10 Å². The summed E-state index contributed by atoms with van der Waals surface area (Å²) in [7, 11) is 0. The fraction of sp³-hybridized carbons (Fsp3) is 0.417. The highest BCUT2D eigenvalue weighted by Crippen LogP contribution is 2.30. The molecular weight excluding hydrogens is 426 g/mol. The molecule has 1 N–H and O–H groups in total. The minimum Gasteiger partial charge on any atom is -0.449 e. The number of rotatable bonds is 6. The van der Waals surface area contributed by atoms with Gasteiger partial charge in [-0.05, 0) is 49.4 Å². The molecule has 1 fully saturated rings. The number of nitro groups is 1. The Morgan fingerprint density at radius 2 is 1.97 bits per heavy atom. The van der Waals surface area contributed by atoms with Crippen LogP contribution in [0.4, 0.5) is 11.4 Å². The maximum absolute atomic E-state index is 12.9. The fourth-order valence-electron chi connectivity index (χ4n) is 4.34. The van der Waals surface area contributed by atoms with Gasteiger partial charge < -0.3 is 19.7 Å². The molecule has 0 spiro atoms. The summed E-state index contributed by atoms with van der Waals surface area (Å²) >= 11 is 0. The Balaban J connectivity index is 1.47. The van der Waals surface area contributed by atoms with Gasteiger partial charge in [0.2, 0.25) is 0 Å². The Morgan fingerprint density at radius 1 is 1.21 bits per heavy atom. The molecule has 2 aromatic rings. The molecule has 0 radical (unpaired) electrons. The van der Waals surface area contributed by atoms with Gasteiger partial charge in [-0.3, -0.25) is 14.9 Å². The van der Waals surface area contributed by atoms with E-state index in [2.05, 4.69) is 11.4 Å². The van der Waals surface area contributed by atoms with Crippen LogP contribution in [0, 0.1) is 10.1 Å². The van der Waals surface area contributed by atoms with E-state index in [1.54, 1.807) is 6.07 Å². The summed E-state index contributed by atoms with van der Waals surface area (Å²) in [6, 6.07) is 12.2. The van der Waals surface area contributed by atoms with E-state index in [1.807, 2.05) is 23.1 Å². The molecule has 9 nitrogen and oxygen atoms in total. The SMILES string of the molecule is C[C@H](OC(=O)c1cc(N2CCOCC2)ccc1[N+](=O)[O-])C(=O)N[C@@H]1CCCc2ccccc21. The number of benzene rings is 2. The van der Waals surface area contributed by atoms with Crippen LogP contribution in [0.15, 0.2) is 42.5 Å². The van der Waals surface area contributed by atoms with Crippen LogP contribution in [0.1, 0.15) is 47.3 Å². The molecule has 1 heterocycles. The minimum atomic E-state index is -1.10. The van der Waals surface area contributed by atoms with E-state index in [-0.39, 0.29) is 17.3 Å². The number of carbonyl (C=O) groups excluding carboxylic acids is 2. The summed E-state index contributed by atoms with van der Waals surface area (Å²) < 4.78 is 10.7. The van der Waals surface area contributed by atoms with Crippen molar-refractivity contribution in [3.8, 4) is 0 Å². The minimum absolute atomic E-state index is 0.150. The highest BCUT2D eigenvalue weighted by molar-refractivity contribution is 5.97. The van der Waals surface area contributed by atoms with E-state index >= 15 is 0 Å². The summed E-state index contributed by atoms with van der Waals surface area (Å²) in [6.07, 6.45) is 1.63. The van der Waals surface area contributed by atoms with Gasteiger partial charge in [0, 0.05) is 24.8 Å². The molecule has 174 valence electrons. The van der Waals surface area contributed by atoms with Gasteiger partial charge in [0.25, 0.3) is 11.6 Å². The molecule has 9 heteroatoms. The summed E-state index contributed by atoms with van der Waals surface area (Å²) in [5.41, 5.74) is 2.42. The molecule has 1 amide bonds. The van der Waals surface area contributed by atoms with Crippen molar-refractivity contribution in [2.24, 2.45) is 0 Å². The van der Waals surface area contributed by atoms with Gasteiger partial charge in [-0.2, -0.15) is 0 Å². The van der Waals surface area contributed by atoms with Gasteiger partial charge in [0.05, 0.1) is 24.2 Å². The lowest BCUT2D eigenvalue weighted by Gasteiger charge is -2.29. The van der Waals surface area contributed by atoms with Crippen molar-refractivity contribution in [2.75, 3.05) is 31.2 Å². The van der Waals surface area contributed by atoms with Crippen molar-refractivity contribution in [2.45, 2.75) is 38.3 Å². The molecule has 1 aliphatic carbocycles. The Kier molecular flexibility index (Phi) is 6.88. The summed E-state index contributed by atoms with van der Waals surface area (Å²) in [6.45, 7) is 3.79. The van der Waals surface area contributed by atoms with E-state index in [0.717, 1.165) is 24.8 Å². The Labute approximate surface area is 191 Å². The molecule has 0 bridgehead atoms. The molecule has 1 saturated heterocycles. The van der Waals surface area contributed by atoms with Gasteiger partial charge in [-0.15, -0.1) is 0 Å². The summed E-state index contributed by atoms with van der Waals surface area (Å²) in [5, 5.41) is 14.5. The zero-order valence-corrected chi connectivity index (χ0v) is 18.5. The molecule has 2 atom stereocenters. The number of aryl methyl sites for hydroxylation is 1. The molecule has 0 unspecified atom stereocenters. The highest BCUT2D eigenvalue weighted by Gasteiger charge is 2.29. The zero-order valence-electron chi connectivity index (χ0n) is 18.5. The number of nitrogens with one attached hydrogen (secondary N) is 1. The number of hydrogen-bond acceptors (Lipinski definition) is 7. The Morgan fingerprint density at radius 3 is 2.73 bits per heavy atom. The Hall–Kier alpha value is -3.46. The maximum Gasteiger partial charge on any atom is 0.346 e. The first-order valence-corrected chi connectivity index (χ1v) is 11.1. The number of anilines is 1. The molecule has 33 heavy (non-hydrogen) atoms. The quantitative estimate of drug-likeness (QED) is 0.406. The van der Waals surface area contributed by atoms with Gasteiger partial charge in [-0.25, -0.2) is 4.79 Å². The standard InChI is InChI=1S/C24H27N3O6/c1-16(23(28)25-21-8-4-6-17-5-2-3-7-19(17)21)33-24(29)20-15-18(9-10-22(20)27(30)31)26-11-13-32-14-12-26/h2-3,5,7,9-10,15-16,21H,4,6,8,11-14H2,1H3,(H,25,28)/t16-,21+/m0/s1. The van der Waals surface area contributed by atoms with Gasteiger partial charge >= 0.3 is 5.97 Å². The first-order valence-electron chi connectivity index (χ1n) is 11.1. The first-order chi connectivity index (χ1) is 15.9. The average Bonchev–Trinajstić information content (AvgIpc) is 2.84. The number of amides is 1. The fourth-order valence-corrected chi connectivity index (χ4v) is 4.34. The molecule has 4 rings (SSSR count). The predicted molar refractivity (Wildman–Crippen MR) is 121 cm³/mol. The number of carbonyl (C=O) groups is 2. The number of hydrogen-bond donors (Lipinski definition) is 1. The monoisotopic (exact) mass is 453 g/mol. The normalized spacial score (nSPS) is 18.7. The van der Waals surface area contributed by atoms with Gasteiger partial charge in [0.1, 0.15) is 5.56 Å². The number of morpholine rings is 1. The number of ether oxygens (including phenoxy) is 2. The zero-order chi connectivity index (χ0) is 23.4. The van der Waals surface area contributed by atoms with Crippen LogP contribution in [-0.2, 0) is 20.7 Å². The maximum atomic E-state index is 12.9. The van der Waals surface area contributed by atoms with Crippen LogP contribution in [0.3, 0.4) is 0 Å². The van der Waals surface area contributed by atoms with Crippen molar-refractivity contribution in [3.63, 3.8) is 0 Å². The third kappa shape index (κ3) is 5.14. The van der Waals surface area contributed by atoms with E-state index in [9.17, 15) is 19.7 Å². The highest BCUT2D eigenvalue weighted by atomic mass is 16.6. The largest absolute Gasteiger partial charge is 0.449 e. The number of nitrogens with zero attached hydrogens (tertiary/aromatic N) is 2. The summed E-state index contributed by atoms with van der Waals surface area (Å²) in [4.78, 5) is 38.5. The van der Waals surface area contributed by atoms with Crippen LogP contribution < -0.4 is 10.2 Å². The molecule has 0 aromatic heterocycles. The predicted octanol–water partition coefficient (Wildman–Crippen LogP) is 3.17. The molecular formula is C24H27N3O6. The average molecular weight is 453 g/mol. The summed E-state index contributed by atoms with van der Waals surface area (Å²) in [5.74, 6) is -1.33. The van der Waals surface area contributed by atoms with Crippen LogP contribution in [-0.4, -0.2) is 49.2 Å². The third-order valence-corrected chi connectivity index (χ3v) is 6.11. The van der Waals surface area contributed by atoms with Crippen molar-refractivity contribution >= 4 is 23.3 Å². The van der Waals surface area contributed by atoms with Crippen molar-refractivity contribution < 1.29 is 24.0 Å². The van der Waals surface area contributed by atoms with Gasteiger partial charge in [-0.1, -0.05) is 24.3 Å². The number of fused-ring (bicyclic) bond motifs is 1. The van der Waals surface area contributed by atoms with Crippen LogP contribution >= 0.6 is 0 Å².